The molecule has 0 saturated carbocycles. The summed E-state index contributed by atoms with van der Waals surface area (Å²) in [5, 5.41) is 0. The number of benzene rings is 2. The van der Waals surface area contributed by atoms with Crippen LogP contribution in [0.3, 0.4) is 0 Å². The van der Waals surface area contributed by atoms with E-state index in [2.05, 4.69) is 24.3 Å². The largest absolute Gasteiger partial charge is 0.332 e. The van der Waals surface area contributed by atoms with Crippen LogP contribution in [0.15, 0.2) is 60.7 Å². The van der Waals surface area contributed by atoms with Crippen LogP contribution in [0.25, 0.3) is 0 Å². The lowest BCUT2D eigenvalue weighted by Gasteiger charge is -2.36. The van der Waals surface area contributed by atoms with E-state index in [1.54, 1.807) is 0 Å². The zero-order valence-electron chi connectivity index (χ0n) is 11.5. The Labute approximate surface area is 120 Å². The number of piperidine rings is 1. The maximum absolute atomic E-state index is 12.7. The summed E-state index contributed by atoms with van der Waals surface area (Å²) >= 11 is 0. The fourth-order valence-corrected chi connectivity index (χ4v) is 2.94. The van der Waals surface area contributed by atoms with Crippen molar-refractivity contribution in [2.24, 2.45) is 0 Å². The van der Waals surface area contributed by atoms with E-state index in [0.717, 1.165) is 24.9 Å². The van der Waals surface area contributed by atoms with E-state index in [0.29, 0.717) is 0 Å². The summed E-state index contributed by atoms with van der Waals surface area (Å²) in [6.07, 6.45) is 3.35. The number of rotatable bonds is 2. The first-order valence-electron chi connectivity index (χ1n) is 7.27. The Bertz CT molecular complexity index is 564. The van der Waals surface area contributed by atoms with Crippen LogP contribution >= 0.6 is 0 Å². The highest BCUT2D eigenvalue weighted by molar-refractivity contribution is 5.94. The topological polar surface area (TPSA) is 20.3 Å². The smallest absolute Gasteiger partial charge is 0.254 e. The van der Waals surface area contributed by atoms with Crippen LogP contribution in [0.1, 0.15) is 41.2 Å². The van der Waals surface area contributed by atoms with Crippen LogP contribution in [0, 0.1) is 0 Å². The van der Waals surface area contributed by atoms with Crippen LogP contribution < -0.4 is 0 Å². The Morgan fingerprint density at radius 3 is 2.25 bits per heavy atom. The number of carbonyl (C=O) groups excluding carboxylic acids is 1. The predicted octanol–water partition coefficient (Wildman–Crippen LogP) is 4.05. The molecule has 2 aromatic rings. The molecule has 0 aromatic heterocycles. The minimum Gasteiger partial charge on any atom is -0.332 e. The van der Waals surface area contributed by atoms with E-state index in [4.69, 9.17) is 0 Å². The molecule has 102 valence electrons. The summed E-state index contributed by atoms with van der Waals surface area (Å²) in [6.45, 7) is 0.854. The van der Waals surface area contributed by atoms with Gasteiger partial charge in [-0.3, -0.25) is 4.79 Å². The van der Waals surface area contributed by atoms with Gasteiger partial charge in [-0.25, -0.2) is 0 Å². The summed E-state index contributed by atoms with van der Waals surface area (Å²) in [6, 6.07) is 20.2. The Morgan fingerprint density at radius 1 is 0.900 bits per heavy atom. The minimum atomic E-state index is 0.152. The number of likely N-dealkylation sites (tertiary alicyclic amines) is 1. The monoisotopic (exact) mass is 265 g/mol. The molecule has 0 aliphatic carbocycles. The molecule has 3 rings (SSSR count). The van der Waals surface area contributed by atoms with Gasteiger partial charge in [0.25, 0.3) is 5.91 Å². The third-order valence-corrected chi connectivity index (χ3v) is 3.97. The molecule has 0 spiro atoms. The second kappa shape index (κ2) is 5.91. The molecule has 2 nitrogen and oxygen atoms in total. The highest BCUT2D eigenvalue weighted by atomic mass is 16.2. The van der Waals surface area contributed by atoms with Gasteiger partial charge in [0.05, 0.1) is 6.04 Å². The fourth-order valence-electron chi connectivity index (χ4n) is 2.94. The Kier molecular flexibility index (Phi) is 3.82. The van der Waals surface area contributed by atoms with Crippen molar-refractivity contribution in [3.63, 3.8) is 0 Å². The molecule has 2 aromatic carbocycles. The molecule has 1 aliphatic rings. The lowest BCUT2D eigenvalue weighted by molar-refractivity contribution is 0.0611. The molecule has 0 N–H and O–H groups in total. The van der Waals surface area contributed by atoms with Crippen molar-refractivity contribution in [2.75, 3.05) is 6.54 Å². The van der Waals surface area contributed by atoms with Crippen molar-refractivity contribution in [3.05, 3.63) is 71.8 Å². The Morgan fingerprint density at radius 2 is 1.55 bits per heavy atom. The van der Waals surface area contributed by atoms with Crippen molar-refractivity contribution in [3.8, 4) is 0 Å². The summed E-state index contributed by atoms with van der Waals surface area (Å²) in [5.41, 5.74) is 2.03. The number of carbonyl (C=O) groups is 1. The van der Waals surface area contributed by atoms with Crippen LogP contribution in [0.5, 0.6) is 0 Å². The van der Waals surface area contributed by atoms with Gasteiger partial charge < -0.3 is 4.90 Å². The SMILES string of the molecule is O=C(c1ccccc1)N1CCCCC1c1ccccc1. The van der Waals surface area contributed by atoms with E-state index in [9.17, 15) is 4.79 Å². The lowest BCUT2D eigenvalue weighted by atomic mass is 9.94. The van der Waals surface area contributed by atoms with Crippen molar-refractivity contribution in [2.45, 2.75) is 25.3 Å². The van der Waals surface area contributed by atoms with Crippen LogP contribution in [0.2, 0.25) is 0 Å². The first-order chi connectivity index (χ1) is 9.86. The van der Waals surface area contributed by atoms with Gasteiger partial charge in [0.2, 0.25) is 0 Å². The number of hydrogen-bond acceptors (Lipinski definition) is 1. The van der Waals surface area contributed by atoms with E-state index in [1.165, 1.54) is 12.0 Å². The molecule has 1 atom stereocenters. The van der Waals surface area contributed by atoms with E-state index >= 15 is 0 Å². The second-order valence-corrected chi connectivity index (χ2v) is 5.29. The Balaban J connectivity index is 1.88. The molecule has 1 fully saturated rings. The molecule has 2 heteroatoms. The average molecular weight is 265 g/mol. The number of nitrogens with zero attached hydrogens (tertiary/aromatic N) is 1. The summed E-state index contributed by atoms with van der Waals surface area (Å²) in [4.78, 5) is 14.7. The summed E-state index contributed by atoms with van der Waals surface area (Å²) < 4.78 is 0. The van der Waals surface area contributed by atoms with Gasteiger partial charge in [0.15, 0.2) is 0 Å². The molecular formula is C18H19NO. The van der Waals surface area contributed by atoms with Gasteiger partial charge >= 0.3 is 0 Å². The third kappa shape index (κ3) is 2.60. The van der Waals surface area contributed by atoms with Gasteiger partial charge in [-0.15, -0.1) is 0 Å². The first-order valence-corrected chi connectivity index (χ1v) is 7.27. The van der Waals surface area contributed by atoms with E-state index in [-0.39, 0.29) is 11.9 Å². The zero-order valence-corrected chi connectivity index (χ0v) is 11.5. The van der Waals surface area contributed by atoms with E-state index < -0.39 is 0 Å². The molecule has 0 radical (unpaired) electrons. The fraction of sp³-hybridized carbons (Fsp3) is 0.278. The molecular weight excluding hydrogens is 246 g/mol. The molecule has 1 unspecified atom stereocenters. The van der Waals surface area contributed by atoms with Crippen molar-refractivity contribution in [1.29, 1.82) is 0 Å². The summed E-state index contributed by atoms with van der Waals surface area (Å²) in [5.74, 6) is 0.152. The number of hydrogen-bond donors (Lipinski definition) is 0. The first kappa shape index (κ1) is 12.9. The Hall–Kier alpha value is -2.09. The highest BCUT2D eigenvalue weighted by Crippen LogP contribution is 2.31. The normalized spacial score (nSPS) is 18.8. The van der Waals surface area contributed by atoms with Gasteiger partial charge in [0, 0.05) is 12.1 Å². The highest BCUT2D eigenvalue weighted by Gasteiger charge is 2.28. The quantitative estimate of drug-likeness (QED) is 0.802. The van der Waals surface area contributed by atoms with Crippen molar-refractivity contribution in [1.82, 2.24) is 4.90 Å². The van der Waals surface area contributed by atoms with Gasteiger partial charge in [-0.1, -0.05) is 48.5 Å². The van der Waals surface area contributed by atoms with Crippen LogP contribution in [-0.4, -0.2) is 17.4 Å². The standard InChI is InChI=1S/C18H19NO/c20-18(16-11-5-2-6-12-16)19-14-8-7-13-17(19)15-9-3-1-4-10-15/h1-6,9-12,17H,7-8,13-14H2. The van der Waals surface area contributed by atoms with Gasteiger partial charge in [-0.2, -0.15) is 0 Å². The molecule has 1 saturated heterocycles. The minimum absolute atomic E-state index is 0.152. The average Bonchev–Trinajstić information content (AvgIpc) is 2.56. The maximum Gasteiger partial charge on any atom is 0.254 e. The van der Waals surface area contributed by atoms with Gasteiger partial charge in [0.1, 0.15) is 0 Å². The molecule has 1 amide bonds. The third-order valence-electron chi connectivity index (χ3n) is 3.97. The predicted molar refractivity (Wildman–Crippen MR) is 80.5 cm³/mol. The van der Waals surface area contributed by atoms with Crippen LogP contribution in [0.4, 0.5) is 0 Å². The second-order valence-electron chi connectivity index (χ2n) is 5.29. The lowest BCUT2D eigenvalue weighted by Crippen LogP contribution is -2.38. The zero-order chi connectivity index (χ0) is 13.8. The molecule has 1 heterocycles. The van der Waals surface area contributed by atoms with E-state index in [1.807, 2.05) is 41.3 Å². The van der Waals surface area contributed by atoms with Crippen molar-refractivity contribution < 1.29 is 4.79 Å². The summed E-state index contributed by atoms with van der Waals surface area (Å²) in [7, 11) is 0. The molecule has 20 heavy (non-hydrogen) atoms. The molecule has 1 aliphatic heterocycles. The molecule has 0 bridgehead atoms. The van der Waals surface area contributed by atoms with Gasteiger partial charge in [-0.05, 0) is 37.0 Å². The number of amides is 1. The maximum atomic E-state index is 12.7. The van der Waals surface area contributed by atoms with Crippen LogP contribution in [-0.2, 0) is 0 Å². The van der Waals surface area contributed by atoms with Crippen molar-refractivity contribution >= 4 is 5.91 Å².